The Morgan fingerprint density at radius 1 is 0.457 bits per heavy atom. The molecule has 7 rings (SSSR count). The summed E-state index contributed by atoms with van der Waals surface area (Å²) in [5, 5.41) is 14.3. The molecule has 0 spiro atoms. The number of hydrazone groups is 2. The van der Waals surface area contributed by atoms with Gasteiger partial charge in [0, 0.05) is 29.5 Å². The minimum Gasteiger partial charge on any atom is -0.302 e. The molecule has 2 unspecified atom stereocenters. The maximum atomic E-state index is 5.24. The van der Waals surface area contributed by atoms with Gasteiger partial charge < -0.3 is 9.80 Å². The maximum Gasteiger partial charge on any atom is 0.162 e. The molecule has 0 saturated heterocycles. The van der Waals surface area contributed by atoms with Crippen LogP contribution in [-0.2, 0) is 0 Å². The molecule has 0 amide bonds. The molecule has 2 heterocycles. The van der Waals surface area contributed by atoms with Crippen molar-refractivity contribution in [3.63, 3.8) is 0 Å². The van der Waals surface area contributed by atoms with Gasteiger partial charge in [0.15, 0.2) is 11.7 Å². The van der Waals surface area contributed by atoms with Gasteiger partial charge in [-0.25, -0.2) is 5.01 Å². The number of para-hydroxylation sites is 1. The van der Waals surface area contributed by atoms with E-state index in [-0.39, 0.29) is 12.3 Å². The van der Waals surface area contributed by atoms with Crippen LogP contribution >= 0.6 is 0 Å². The van der Waals surface area contributed by atoms with Gasteiger partial charge in [0.1, 0.15) is 12.3 Å². The molecule has 6 heteroatoms. The topological polar surface area (TPSA) is 37.7 Å². The third-order valence-electron chi connectivity index (χ3n) is 9.23. The lowest BCUT2D eigenvalue weighted by Gasteiger charge is -2.31. The first-order valence-electron chi connectivity index (χ1n) is 16.0. The molecule has 5 aromatic rings. The Kier molecular flexibility index (Phi) is 7.57. The van der Waals surface area contributed by atoms with Gasteiger partial charge in [-0.05, 0) is 92.8 Å². The third-order valence-corrected chi connectivity index (χ3v) is 9.23. The Morgan fingerprint density at radius 2 is 0.935 bits per heavy atom. The fourth-order valence-corrected chi connectivity index (χ4v) is 6.63. The Balaban J connectivity index is 1.21. The molecule has 0 aliphatic carbocycles. The molecule has 0 aromatic heterocycles. The van der Waals surface area contributed by atoms with Gasteiger partial charge in [-0.1, -0.05) is 91.0 Å². The maximum absolute atomic E-state index is 5.24. The van der Waals surface area contributed by atoms with Gasteiger partial charge in [-0.15, -0.1) is 0 Å². The summed E-state index contributed by atoms with van der Waals surface area (Å²) in [4.78, 5) is 4.68. The highest BCUT2D eigenvalue weighted by atomic mass is 15.6. The minimum absolute atomic E-state index is 0.00319. The van der Waals surface area contributed by atoms with Gasteiger partial charge in [-0.3, -0.25) is 5.01 Å². The van der Waals surface area contributed by atoms with E-state index < -0.39 is 0 Å². The summed E-state index contributed by atoms with van der Waals surface area (Å²) in [5.41, 5.74) is 11.7. The monoisotopic (exact) mass is 604 g/mol. The molecular weight excluding hydrogens is 564 g/mol. The average molecular weight is 605 g/mol. The number of rotatable bonds is 6. The summed E-state index contributed by atoms with van der Waals surface area (Å²) in [5.74, 6) is 1.93. The van der Waals surface area contributed by atoms with Crippen molar-refractivity contribution in [1.29, 1.82) is 0 Å². The first-order chi connectivity index (χ1) is 22.3. The van der Waals surface area contributed by atoms with E-state index in [9.17, 15) is 0 Å². The van der Waals surface area contributed by atoms with Crippen molar-refractivity contribution in [2.75, 3.05) is 21.9 Å². The Labute approximate surface area is 272 Å². The molecule has 0 N–H and O–H groups in total. The first kappa shape index (κ1) is 29.4. The second-order valence-corrected chi connectivity index (χ2v) is 12.3. The Hall–Kier alpha value is -5.36. The number of hydrogen-bond donors (Lipinski definition) is 0. The zero-order valence-electron chi connectivity index (χ0n) is 27.4. The molecule has 2 aliphatic heterocycles. The van der Waals surface area contributed by atoms with Crippen molar-refractivity contribution < 1.29 is 0 Å². The highest BCUT2D eigenvalue weighted by Gasteiger charge is 2.35. The Morgan fingerprint density at radius 3 is 1.50 bits per heavy atom. The van der Waals surface area contributed by atoms with Crippen LogP contribution in [0.4, 0.5) is 17.1 Å². The normalized spacial score (nSPS) is 17.9. The van der Waals surface area contributed by atoms with Crippen LogP contribution in [0.5, 0.6) is 0 Å². The van der Waals surface area contributed by atoms with Crippen LogP contribution in [-0.4, -0.2) is 36.1 Å². The quantitative estimate of drug-likeness (QED) is 0.194. The van der Waals surface area contributed by atoms with Crippen molar-refractivity contribution in [3.05, 3.63) is 149 Å². The molecule has 0 fully saturated rings. The van der Waals surface area contributed by atoms with Crippen molar-refractivity contribution in [2.45, 2.75) is 47.0 Å². The van der Waals surface area contributed by atoms with Gasteiger partial charge in [0.05, 0.1) is 5.69 Å². The lowest BCUT2D eigenvalue weighted by molar-refractivity contribution is 0.304. The Bertz CT molecular complexity index is 1950. The highest BCUT2D eigenvalue weighted by molar-refractivity contribution is 6.13. The minimum atomic E-state index is 0.00319. The predicted octanol–water partition coefficient (Wildman–Crippen LogP) is 8.77. The molecule has 0 saturated carbocycles. The van der Waals surface area contributed by atoms with Crippen LogP contribution in [0, 0.1) is 20.8 Å². The van der Waals surface area contributed by atoms with Crippen LogP contribution < -0.4 is 14.8 Å². The highest BCUT2D eigenvalue weighted by Crippen LogP contribution is 2.37. The summed E-state index contributed by atoms with van der Waals surface area (Å²) in [7, 11) is 2.04. The molecule has 0 bridgehead atoms. The molecule has 2 atom stereocenters. The zero-order valence-corrected chi connectivity index (χ0v) is 27.4. The van der Waals surface area contributed by atoms with Crippen molar-refractivity contribution in [1.82, 2.24) is 5.01 Å². The van der Waals surface area contributed by atoms with E-state index in [4.69, 9.17) is 10.2 Å². The van der Waals surface area contributed by atoms with E-state index in [0.717, 1.165) is 28.5 Å². The number of benzene rings is 5. The first-order valence-corrected chi connectivity index (χ1v) is 16.0. The van der Waals surface area contributed by atoms with Crippen molar-refractivity contribution in [3.8, 4) is 11.1 Å². The summed E-state index contributed by atoms with van der Waals surface area (Å²) in [6.45, 7) is 11.0. The largest absolute Gasteiger partial charge is 0.302 e. The van der Waals surface area contributed by atoms with E-state index >= 15 is 0 Å². The lowest BCUT2D eigenvalue weighted by atomic mass is 9.99. The van der Waals surface area contributed by atoms with Crippen molar-refractivity contribution in [2.24, 2.45) is 10.2 Å². The number of nitrogens with zero attached hydrogens (tertiary/aromatic N) is 6. The third kappa shape index (κ3) is 5.10. The van der Waals surface area contributed by atoms with Crippen molar-refractivity contribution >= 4 is 28.7 Å². The molecule has 46 heavy (non-hydrogen) atoms. The van der Waals surface area contributed by atoms with Gasteiger partial charge in [0.2, 0.25) is 0 Å². The lowest BCUT2D eigenvalue weighted by Crippen LogP contribution is -2.41. The summed E-state index contributed by atoms with van der Waals surface area (Å²) < 4.78 is 0. The number of anilines is 3. The number of hydrogen-bond acceptors (Lipinski definition) is 6. The SMILES string of the molecule is Cc1cc(-c2ccc(N3C(c4ccccc4)=NN(C)C3C)c(C)c2)ccc1N1N=C(c2ccccc2)N(c2ccccc2C)C1C. The second-order valence-electron chi connectivity index (χ2n) is 12.3. The summed E-state index contributed by atoms with van der Waals surface area (Å²) in [6, 6.07) is 42.9. The van der Waals surface area contributed by atoms with Gasteiger partial charge in [0.25, 0.3) is 0 Å². The standard InChI is InChI=1S/C40H40N6/c1-27-15-13-14-20-36(27)45-31(5)46(42-40(45)33-18-11-8-12-19-33)38-24-22-35(26-29(38)3)34-21-23-37(28(2)25-34)44-30(4)43(6)41-39(44)32-16-9-7-10-17-32/h7-26,30-31H,1-6H3. The van der Waals surface area contributed by atoms with Crippen LogP contribution in [0.1, 0.15) is 41.7 Å². The van der Waals surface area contributed by atoms with E-state index in [2.05, 4.69) is 165 Å². The van der Waals surface area contributed by atoms with Crippen LogP contribution in [0.25, 0.3) is 11.1 Å². The molecule has 230 valence electrons. The average Bonchev–Trinajstić information content (AvgIpc) is 3.57. The van der Waals surface area contributed by atoms with Crippen LogP contribution in [0.2, 0.25) is 0 Å². The van der Waals surface area contributed by atoms with E-state index in [1.54, 1.807) is 0 Å². The summed E-state index contributed by atoms with van der Waals surface area (Å²) in [6.07, 6.45) is 0.118. The van der Waals surface area contributed by atoms with E-state index in [1.807, 2.05) is 18.1 Å². The smallest absolute Gasteiger partial charge is 0.162 e. The molecule has 6 nitrogen and oxygen atoms in total. The van der Waals surface area contributed by atoms with E-state index in [0.29, 0.717) is 0 Å². The van der Waals surface area contributed by atoms with Gasteiger partial charge >= 0.3 is 0 Å². The predicted molar refractivity (Wildman–Crippen MR) is 193 cm³/mol. The van der Waals surface area contributed by atoms with E-state index in [1.165, 1.54) is 39.2 Å². The zero-order chi connectivity index (χ0) is 31.9. The second kappa shape index (κ2) is 11.9. The number of aryl methyl sites for hydroxylation is 3. The number of amidine groups is 2. The molecular formula is C40H40N6. The van der Waals surface area contributed by atoms with Gasteiger partial charge in [-0.2, -0.15) is 10.2 Å². The fraction of sp³-hybridized carbons (Fsp3) is 0.200. The molecule has 5 aromatic carbocycles. The molecule has 2 aliphatic rings. The summed E-state index contributed by atoms with van der Waals surface area (Å²) >= 11 is 0. The van der Waals surface area contributed by atoms with Crippen LogP contribution in [0.3, 0.4) is 0 Å². The van der Waals surface area contributed by atoms with Crippen LogP contribution in [0.15, 0.2) is 132 Å². The fourth-order valence-electron chi connectivity index (χ4n) is 6.63. The molecule has 0 radical (unpaired) electrons.